The van der Waals surface area contributed by atoms with E-state index in [0.717, 1.165) is 0 Å². The Morgan fingerprint density at radius 3 is 2.83 bits per heavy atom. The zero-order chi connectivity index (χ0) is 13.2. The Labute approximate surface area is 110 Å². The zero-order valence-electron chi connectivity index (χ0n) is 9.33. The van der Waals surface area contributed by atoms with Crippen LogP contribution in [0.3, 0.4) is 0 Å². The van der Waals surface area contributed by atoms with Gasteiger partial charge in [0, 0.05) is 11.6 Å². The van der Waals surface area contributed by atoms with Crippen LogP contribution in [0.4, 0.5) is 0 Å². The second kappa shape index (κ2) is 4.97. The lowest BCUT2D eigenvalue weighted by atomic mass is 10.2. The Balaban J connectivity index is 2.50. The average Bonchev–Trinajstić information content (AvgIpc) is 2.36. The summed E-state index contributed by atoms with van der Waals surface area (Å²) in [6.45, 7) is -0.0612. The largest absolute Gasteiger partial charge is 0.392 e. The van der Waals surface area contributed by atoms with Crippen LogP contribution < -0.4 is 10.5 Å². The number of nitrogens with two attached hydrogens (primary N) is 1. The summed E-state index contributed by atoms with van der Waals surface area (Å²) < 4.78 is 26.5. The fourth-order valence-corrected chi connectivity index (χ4v) is 2.94. The first-order chi connectivity index (χ1) is 8.50. The number of benzene rings is 1. The molecule has 1 heterocycles. The second-order valence-corrected chi connectivity index (χ2v) is 5.88. The van der Waals surface area contributed by atoms with Crippen LogP contribution in [0.2, 0.25) is 0 Å². The lowest BCUT2D eigenvalue weighted by molar-refractivity contribution is 0.587. The maximum Gasteiger partial charge on any atom is 0.241 e. The fraction of sp³-hybridized carbons (Fsp3) is 0.0909. The molecule has 0 saturated heterocycles. The van der Waals surface area contributed by atoms with E-state index >= 15 is 0 Å². The molecule has 0 unspecified atom stereocenters. The maximum absolute atomic E-state index is 12.1. The molecule has 5 nitrogen and oxygen atoms in total. The minimum atomic E-state index is -3.64. The highest BCUT2D eigenvalue weighted by Gasteiger charge is 2.16. The van der Waals surface area contributed by atoms with Gasteiger partial charge in [0.05, 0.1) is 21.9 Å². The van der Waals surface area contributed by atoms with Gasteiger partial charge >= 0.3 is 0 Å². The van der Waals surface area contributed by atoms with Gasteiger partial charge in [0.25, 0.3) is 0 Å². The third-order valence-corrected chi connectivity index (χ3v) is 3.94. The summed E-state index contributed by atoms with van der Waals surface area (Å²) in [5.41, 5.74) is 5.90. The summed E-state index contributed by atoms with van der Waals surface area (Å²) in [7, 11) is -3.64. The van der Waals surface area contributed by atoms with Crippen molar-refractivity contribution in [2.24, 2.45) is 5.73 Å². The van der Waals surface area contributed by atoms with Gasteiger partial charge in [-0.3, -0.25) is 4.98 Å². The van der Waals surface area contributed by atoms with E-state index in [-0.39, 0.29) is 16.4 Å². The van der Waals surface area contributed by atoms with Gasteiger partial charge in [0.1, 0.15) is 0 Å². The molecule has 0 spiro atoms. The molecule has 2 rings (SSSR count). The Hall–Kier alpha value is -1.57. The first kappa shape index (κ1) is 12.9. The van der Waals surface area contributed by atoms with Crippen LogP contribution in [0.15, 0.2) is 41.4 Å². The molecule has 0 aliphatic heterocycles. The molecule has 1 aromatic carbocycles. The van der Waals surface area contributed by atoms with Crippen molar-refractivity contribution >= 4 is 38.1 Å². The number of thiocarbonyl (C=S) groups is 1. The van der Waals surface area contributed by atoms with E-state index in [0.29, 0.717) is 10.9 Å². The predicted molar refractivity (Wildman–Crippen MR) is 73.7 cm³/mol. The quantitative estimate of drug-likeness (QED) is 0.810. The Morgan fingerprint density at radius 1 is 1.33 bits per heavy atom. The van der Waals surface area contributed by atoms with E-state index in [9.17, 15) is 8.42 Å². The summed E-state index contributed by atoms with van der Waals surface area (Å²) in [5, 5.41) is 0.565. The van der Waals surface area contributed by atoms with E-state index < -0.39 is 10.0 Å². The van der Waals surface area contributed by atoms with Crippen molar-refractivity contribution in [3.8, 4) is 0 Å². The van der Waals surface area contributed by atoms with Gasteiger partial charge in [-0.15, -0.1) is 0 Å². The lowest BCUT2D eigenvalue weighted by Crippen LogP contribution is -2.32. The molecular formula is C11H11N3O2S2. The van der Waals surface area contributed by atoms with Crippen molar-refractivity contribution in [1.29, 1.82) is 0 Å². The Kier molecular flexibility index (Phi) is 3.55. The summed E-state index contributed by atoms with van der Waals surface area (Å²) in [4.78, 5) is 4.37. The fourth-order valence-electron chi connectivity index (χ4n) is 1.55. The molecule has 0 aliphatic carbocycles. The first-order valence-corrected chi connectivity index (χ1v) is 7.01. The maximum atomic E-state index is 12.1. The molecule has 1 aromatic heterocycles. The Bertz CT molecular complexity index is 693. The number of hydrogen-bond donors (Lipinski definition) is 2. The van der Waals surface area contributed by atoms with E-state index in [1.807, 2.05) is 0 Å². The smallest absolute Gasteiger partial charge is 0.241 e. The second-order valence-electron chi connectivity index (χ2n) is 3.62. The van der Waals surface area contributed by atoms with Gasteiger partial charge in [-0.1, -0.05) is 18.3 Å². The van der Waals surface area contributed by atoms with Crippen molar-refractivity contribution in [2.45, 2.75) is 4.90 Å². The van der Waals surface area contributed by atoms with Crippen molar-refractivity contribution < 1.29 is 8.42 Å². The van der Waals surface area contributed by atoms with Crippen LogP contribution in [0.5, 0.6) is 0 Å². The summed E-state index contributed by atoms with van der Waals surface area (Å²) >= 11 is 4.65. The lowest BCUT2D eigenvalue weighted by Gasteiger charge is -2.08. The van der Waals surface area contributed by atoms with Crippen molar-refractivity contribution in [3.05, 3.63) is 36.5 Å². The van der Waals surface area contributed by atoms with Gasteiger partial charge in [-0.2, -0.15) is 0 Å². The summed E-state index contributed by atoms with van der Waals surface area (Å²) in [6.07, 6.45) is 1.61. The van der Waals surface area contributed by atoms with Gasteiger partial charge in [0.2, 0.25) is 10.0 Å². The van der Waals surface area contributed by atoms with Crippen LogP contribution in [0.25, 0.3) is 10.9 Å². The number of sulfonamides is 1. The van der Waals surface area contributed by atoms with Crippen LogP contribution in [0, 0.1) is 0 Å². The van der Waals surface area contributed by atoms with Crippen LogP contribution in [-0.2, 0) is 10.0 Å². The van der Waals surface area contributed by atoms with E-state index in [2.05, 4.69) is 21.9 Å². The normalized spacial score (nSPS) is 11.6. The standard InChI is InChI=1S/C11H11N3O2S2/c12-11(17)7-14-18(15,16)10-5-1-4-9-8(10)3-2-6-13-9/h1-6,14H,7H2,(H2,12,17). The van der Waals surface area contributed by atoms with Crippen LogP contribution >= 0.6 is 12.2 Å². The van der Waals surface area contributed by atoms with Gasteiger partial charge in [-0.05, 0) is 24.3 Å². The van der Waals surface area contributed by atoms with Crippen LogP contribution in [-0.4, -0.2) is 24.9 Å². The third-order valence-electron chi connectivity index (χ3n) is 2.33. The highest BCUT2D eigenvalue weighted by atomic mass is 32.2. The molecule has 0 radical (unpaired) electrons. The van der Waals surface area contributed by atoms with E-state index in [4.69, 9.17) is 5.73 Å². The molecule has 2 aromatic rings. The first-order valence-electron chi connectivity index (χ1n) is 5.12. The Morgan fingerprint density at radius 2 is 2.11 bits per heavy atom. The zero-order valence-corrected chi connectivity index (χ0v) is 11.0. The monoisotopic (exact) mass is 281 g/mol. The molecular weight excluding hydrogens is 270 g/mol. The molecule has 0 fully saturated rings. The van der Waals surface area contributed by atoms with Crippen molar-refractivity contribution in [1.82, 2.24) is 9.71 Å². The molecule has 94 valence electrons. The third kappa shape index (κ3) is 2.63. The molecule has 0 atom stereocenters. The number of fused-ring (bicyclic) bond motifs is 1. The molecule has 0 amide bonds. The minimum Gasteiger partial charge on any atom is -0.392 e. The number of pyridine rings is 1. The number of rotatable bonds is 4. The SMILES string of the molecule is NC(=S)CNS(=O)(=O)c1cccc2ncccc12. The highest BCUT2D eigenvalue weighted by Crippen LogP contribution is 2.20. The molecule has 18 heavy (non-hydrogen) atoms. The van der Waals surface area contributed by atoms with Gasteiger partial charge < -0.3 is 5.73 Å². The van der Waals surface area contributed by atoms with Crippen molar-refractivity contribution in [3.63, 3.8) is 0 Å². The number of hydrogen-bond acceptors (Lipinski definition) is 4. The van der Waals surface area contributed by atoms with Crippen LogP contribution in [0.1, 0.15) is 0 Å². The number of aromatic nitrogens is 1. The van der Waals surface area contributed by atoms with Crippen molar-refractivity contribution in [2.75, 3.05) is 6.54 Å². The summed E-state index contributed by atoms with van der Waals surface area (Å²) in [6, 6.07) is 8.31. The van der Waals surface area contributed by atoms with Gasteiger partial charge in [-0.25, -0.2) is 13.1 Å². The van der Waals surface area contributed by atoms with Gasteiger partial charge in [0.15, 0.2) is 0 Å². The van der Waals surface area contributed by atoms with E-state index in [1.165, 1.54) is 6.07 Å². The number of nitrogens with one attached hydrogen (secondary N) is 1. The average molecular weight is 281 g/mol. The topological polar surface area (TPSA) is 85.1 Å². The number of nitrogens with zero attached hydrogens (tertiary/aromatic N) is 1. The molecule has 0 saturated carbocycles. The highest BCUT2D eigenvalue weighted by molar-refractivity contribution is 7.89. The molecule has 0 aliphatic rings. The predicted octanol–water partition coefficient (Wildman–Crippen LogP) is 0.799. The minimum absolute atomic E-state index is 0.0612. The summed E-state index contributed by atoms with van der Waals surface area (Å²) in [5.74, 6) is 0. The molecule has 7 heteroatoms. The van der Waals surface area contributed by atoms with E-state index in [1.54, 1.807) is 30.5 Å². The molecule has 0 bridgehead atoms. The molecule has 3 N–H and O–H groups in total.